The van der Waals surface area contributed by atoms with Crippen LogP contribution in [0.1, 0.15) is 18.9 Å². The largest absolute Gasteiger partial charge is 0.404 e. The molecule has 2 heterocycles. The SMILES string of the molecule is CCCNCc1cc(F)cnc1Oc1ncn(C)n1. The second kappa shape index (κ2) is 6.24. The molecular formula is C12H16FN5O. The molecule has 0 aliphatic carbocycles. The minimum atomic E-state index is -0.394. The Morgan fingerprint density at radius 3 is 2.95 bits per heavy atom. The summed E-state index contributed by atoms with van der Waals surface area (Å²) in [6.45, 7) is 3.39. The highest BCUT2D eigenvalue weighted by Gasteiger charge is 2.10. The number of aryl methyl sites for hydroxylation is 1. The van der Waals surface area contributed by atoms with Gasteiger partial charge in [0.1, 0.15) is 12.1 Å². The molecule has 0 amide bonds. The fourth-order valence-electron chi connectivity index (χ4n) is 1.54. The maximum atomic E-state index is 13.2. The molecule has 102 valence electrons. The van der Waals surface area contributed by atoms with Crippen molar-refractivity contribution in [3.63, 3.8) is 0 Å². The van der Waals surface area contributed by atoms with Crippen LogP contribution in [0, 0.1) is 5.82 Å². The molecule has 2 aromatic heterocycles. The van der Waals surface area contributed by atoms with Gasteiger partial charge in [-0.15, -0.1) is 5.10 Å². The van der Waals surface area contributed by atoms with Crippen LogP contribution < -0.4 is 10.1 Å². The Labute approximate surface area is 110 Å². The van der Waals surface area contributed by atoms with E-state index >= 15 is 0 Å². The van der Waals surface area contributed by atoms with Crippen molar-refractivity contribution >= 4 is 0 Å². The lowest BCUT2D eigenvalue weighted by atomic mass is 10.2. The normalized spacial score (nSPS) is 10.7. The quantitative estimate of drug-likeness (QED) is 0.804. The van der Waals surface area contributed by atoms with E-state index in [4.69, 9.17) is 4.74 Å². The van der Waals surface area contributed by atoms with Crippen LogP contribution in [0.15, 0.2) is 18.6 Å². The Hall–Kier alpha value is -2.02. The van der Waals surface area contributed by atoms with Crippen molar-refractivity contribution in [1.29, 1.82) is 0 Å². The van der Waals surface area contributed by atoms with Crippen LogP contribution >= 0.6 is 0 Å². The van der Waals surface area contributed by atoms with Crippen molar-refractivity contribution in [1.82, 2.24) is 25.1 Å². The Bertz CT molecular complexity index is 543. The zero-order chi connectivity index (χ0) is 13.7. The number of nitrogens with zero attached hydrogens (tertiary/aromatic N) is 4. The average molecular weight is 265 g/mol. The second-order valence-corrected chi connectivity index (χ2v) is 4.10. The second-order valence-electron chi connectivity index (χ2n) is 4.10. The average Bonchev–Trinajstić information content (AvgIpc) is 2.78. The highest BCUT2D eigenvalue weighted by Crippen LogP contribution is 2.20. The molecule has 6 nitrogen and oxygen atoms in total. The number of nitrogens with one attached hydrogen (secondary N) is 1. The molecule has 0 atom stereocenters. The van der Waals surface area contributed by atoms with E-state index in [-0.39, 0.29) is 6.01 Å². The molecule has 0 aliphatic rings. The van der Waals surface area contributed by atoms with Gasteiger partial charge in [0.25, 0.3) is 0 Å². The lowest BCUT2D eigenvalue weighted by Crippen LogP contribution is -2.15. The van der Waals surface area contributed by atoms with Crippen molar-refractivity contribution in [3.8, 4) is 11.9 Å². The number of pyridine rings is 1. The lowest BCUT2D eigenvalue weighted by Gasteiger charge is -2.08. The third-order valence-electron chi connectivity index (χ3n) is 2.40. The monoisotopic (exact) mass is 265 g/mol. The van der Waals surface area contributed by atoms with Gasteiger partial charge in [0, 0.05) is 19.2 Å². The van der Waals surface area contributed by atoms with E-state index in [1.807, 2.05) is 0 Å². The Morgan fingerprint density at radius 1 is 1.42 bits per heavy atom. The summed E-state index contributed by atoms with van der Waals surface area (Å²) in [5.74, 6) is -0.0779. The Balaban J connectivity index is 2.14. The highest BCUT2D eigenvalue weighted by atomic mass is 19.1. The third kappa shape index (κ3) is 3.72. The number of aromatic nitrogens is 4. The van der Waals surface area contributed by atoms with Gasteiger partial charge >= 0.3 is 6.01 Å². The zero-order valence-corrected chi connectivity index (χ0v) is 10.9. The van der Waals surface area contributed by atoms with Crippen molar-refractivity contribution in [2.75, 3.05) is 6.54 Å². The van der Waals surface area contributed by atoms with Crippen LogP contribution in [0.2, 0.25) is 0 Å². The fourth-order valence-corrected chi connectivity index (χ4v) is 1.54. The predicted octanol–water partition coefficient (Wildman–Crippen LogP) is 1.64. The molecule has 0 aliphatic heterocycles. The van der Waals surface area contributed by atoms with Crippen LogP contribution in [-0.4, -0.2) is 26.3 Å². The first kappa shape index (κ1) is 13.4. The van der Waals surface area contributed by atoms with Gasteiger partial charge in [0.15, 0.2) is 0 Å². The van der Waals surface area contributed by atoms with E-state index in [1.54, 1.807) is 7.05 Å². The maximum Gasteiger partial charge on any atom is 0.342 e. The van der Waals surface area contributed by atoms with Gasteiger partial charge in [0.2, 0.25) is 5.88 Å². The third-order valence-corrected chi connectivity index (χ3v) is 2.40. The van der Waals surface area contributed by atoms with Crippen molar-refractivity contribution in [2.45, 2.75) is 19.9 Å². The molecule has 0 aromatic carbocycles. The lowest BCUT2D eigenvalue weighted by molar-refractivity contribution is 0.412. The number of hydrogen-bond acceptors (Lipinski definition) is 5. The number of rotatable bonds is 6. The van der Waals surface area contributed by atoms with Crippen LogP contribution in [-0.2, 0) is 13.6 Å². The summed E-state index contributed by atoms with van der Waals surface area (Å²) in [4.78, 5) is 7.88. The molecular weight excluding hydrogens is 249 g/mol. The highest BCUT2D eigenvalue weighted by molar-refractivity contribution is 5.28. The van der Waals surface area contributed by atoms with Crippen molar-refractivity contribution < 1.29 is 9.13 Å². The van der Waals surface area contributed by atoms with Crippen molar-refractivity contribution in [2.24, 2.45) is 7.05 Å². The smallest absolute Gasteiger partial charge is 0.342 e. The molecule has 1 N–H and O–H groups in total. The van der Waals surface area contributed by atoms with Crippen LogP contribution in [0.4, 0.5) is 4.39 Å². The molecule has 7 heteroatoms. The van der Waals surface area contributed by atoms with E-state index in [0.29, 0.717) is 18.0 Å². The van der Waals surface area contributed by atoms with Crippen LogP contribution in [0.25, 0.3) is 0 Å². The standard InChI is InChI=1S/C12H16FN5O/c1-3-4-14-6-9-5-10(13)7-15-11(9)19-12-16-8-18(2)17-12/h5,7-8,14H,3-4,6H2,1-2H3. The fraction of sp³-hybridized carbons (Fsp3) is 0.417. The molecule has 0 bridgehead atoms. The van der Waals surface area contributed by atoms with E-state index in [2.05, 4.69) is 27.3 Å². The Kier molecular flexibility index (Phi) is 4.40. The summed E-state index contributed by atoms with van der Waals surface area (Å²) >= 11 is 0. The number of ether oxygens (including phenoxy) is 1. The Morgan fingerprint density at radius 2 is 2.26 bits per heavy atom. The van der Waals surface area contributed by atoms with Gasteiger partial charge in [0.05, 0.1) is 6.20 Å². The summed E-state index contributed by atoms with van der Waals surface area (Å²) in [5.41, 5.74) is 0.640. The van der Waals surface area contributed by atoms with E-state index in [9.17, 15) is 4.39 Å². The van der Waals surface area contributed by atoms with E-state index < -0.39 is 5.82 Å². The first-order chi connectivity index (χ1) is 9.19. The maximum absolute atomic E-state index is 13.2. The van der Waals surface area contributed by atoms with Gasteiger partial charge in [-0.1, -0.05) is 6.92 Å². The van der Waals surface area contributed by atoms with Gasteiger partial charge in [-0.2, -0.15) is 4.98 Å². The van der Waals surface area contributed by atoms with E-state index in [0.717, 1.165) is 19.2 Å². The summed E-state index contributed by atoms with van der Waals surface area (Å²) in [7, 11) is 1.74. The number of halogens is 1. The predicted molar refractivity (Wildman–Crippen MR) is 67.3 cm³/mol. The van der Waals surface area contributed by atoms with Crippen molar-refractivity contribution in [3.05, 3.63) is 30.0 Å². The van der Waals surface area contributed by atoms with Gasteiger partial charge in [-0.3, -0.25) is 4.68 Å². The van der Waals surface area contributed by atoms with Crippen LogP contribution in [0.3, 0.4) is 0 Å². The molecule has 0 unspecified atom stereocenters. The zero-order valence-electron chi connectivity index (χ0n) is 10.9. The molecule has 0 saturated heterocycles. The van der Waals surface area contributed by atoms with Gasteiger partial charge < -0.3 is 10.1 Å². The van der Waals surface area contributed by atoms with E-state index in [1.165, 1.54) is 17.1 Å². The molecule has 2 rings (SSSR count). The van der Waals surface area contributed by atoms with Crippen LogP contribution in [0.5, 0.6) is 11.9 Å². The first-order valence-corrected chi connectivity index (χ1v) is 6.07. The molecule has 0 radical (unpaired) electrons. The minimum Gasteiger partial charge on any atom is -0.404 e. The summed E-state index contributed by atoms with van der Waals surface area (Å²) < 4.78 is 20.2. The molecule has 0 spiro atoms. The minimum absolute atomic E-state index is 0.193. The molecule has 0 fully saturated rings. The molecule has 2 aromatic rings. The van der Waals surface area contributed by atoms with Gasteiger partial charge in [-0.05, 0) is 19.0 Å². The topological polar surface area (TPSA) is 64.9 Å². The van der Waals surface area contributed by atoms with Gasteiger partial charge in [-0.25, -0.2) is 9.37 Å². The summed E-state index contributed by atoms with van der Waals surface area (Å²) in [6.07, 6.45) is 3.64. The first-order valence-electron chi connectivity index (χ1n) is 6.07. The number of hydrogen-bond donors (Lipinski definition) is 1. The molecule has 0 saturated carbocycles. The summed E-state index contributed by atoms with van der Waals surface area (Å²) in [5, 5.41) is 7.17. The molecule has 19 heavy (non-hydrogen) atoms. The summed E-state index contributed by atoms with van der Waals surface area (Å²) in [6, 6.07) is 1.59.